The Morgan fingerprint density at radius 3 is 2.11 bits per heavy atom. The number of rotatable bonds is 2. The molecular weight excluding hydrogens is 578 g/mol. The highest BCUT2D eigenvalue weighted by atomic mass is 16.3. The lowest BCUT2D eigenvalue weighted by molar-refractivity contribution is 0.669. The van der Waals surface area contributed by atoms with Crippen LogP contribution in [0, 0.1) is 0 Å². The fourth-order valence-corrected chi connectivity index (χ4v) is 8.22. The number of nitrogens with zero attached hydrogens (tertiary/aromatic N) is 3. The summed E-state index contributed by atoms with van der Waals surface area (Å²) < 4.78 is 15.6. The van der Waals surface area contributed by atoms with Crippen molar-refractivity contribution >= 4 is 87.4 Å². The first-order valence-electron chi connectivity index (χ1n) is 15.8. The van der Waals surface area contributed by atoms with Crippen LogP contribution in [0.2, 0.25) is 0 Å². The highest BCUT2D eigenvalue weighted by Gasteiger charge is 2.29. The van der Waals surface area contributed by atoms with Crippen molar-refractivity contribution in [1.29, 1.82) is 0 Å². The number of furan rings is 2. The van der Waals surface area contributed by atoms with Crippen LogP contribution in [-0.4, -0.2) is 14.5 Å². The topological polar surface area (TPSA) is 57.0 Å². The van der Waals surface area contributed by atoms with E-state index in [9.17, 15) is 0 Å². The van der Waals surface area contributed by atoms with Crippen molar-refractivity contribution in [3.63, 3.8) is 0 Å². The fraction of sp³-hybridized carbons (Fsp3) is 0. The molecule has 7 aromatic carbocycles. The molecule has 11 aromatic rings. The van der Waals surface area contributed by atoms with Gasteiger partial charge in [-0.05, 0) is 52.9 Å². The van der Waals surface area contributed by atoms with Crippen LogP contribution in [0.3, 0.4) is 0 Å². The summed E-state index contributed by atoms with van der Waals surface area (Å²) in [6.45, 7) is 0. The highest BCUT2D eigenvalue weighted by Crippen LogP contribution is 2.52. The number of fused-ring (bicyclic) bond motifs is 6. The second-order valence-corrected chi connectivity index (χ2v) is 12.5. The molecule has 4 heterocycles. The fourth-order valence-electron chi connectivity index (χ4n) is 8.22. The summed E-state index contributed by atoms with van der Waals surface area (Å²) in [7, 11) is 0. The molecule has 0 radical (unpaired) electrons. The van der Waals surface area contributed by atoms with Crippen molar-refractivity contribution in [3.8, 4) is 28.3 Å². The molecule has 0 saturated heterocycles. The predicted molar refractivity (Wildman–Crippen MR) is 190 cm³/mol. The van der Waals surface area contributed by atoms with E-state index in [1.54, 1.807) is 0 Å². The second-order valence-electron chi connectivity index (χ2n) is 12.5. The summed E-state index contributed by atoms with van der Waals surface area (Å²) in [5, 5.41) is 10.1. The third kappa shape index (κ3) is 2.86. The first-order valence-corrected chi connectivity index (χ1v) is 15.8. The molecule has 0 spiro atoms. The average molecular weight is 600 g/mol. The molecule has 0 atom stereocenters. The molecule has 12 rings (SSSR count). The zero-order valence-corrected chi connectivity index (χ0v) is 24.8. The SMILES string of the molecule is c1ccc(-c2nc(-n3c4ccccc4c4c5oc6ccc7ccc8oc9cccc%10c9c8c7c6c5c-%10cc43)nc3ccccc23)cc1. The summed E-state index contributed by atoms with van der Waals surface area (Å²) in [4.78, 5) is 10.5. The van der Waals surface area contributed by atoms with Crippen molar-refractivity contribution in [2.45, 2.75) is 0 Å². The molecule has 1 aliphatic rings. The number of para-hydroxylation sites is 2. The molecule has 5 nitrogen and oxygen atoms in total. The maximum atomic E-state index is 6.94. The van der Waals surface area contributed by atoms with Gasteiger partial charge in [0, 0.05) is 43.3 Å². The van der Waals surface area contributed by atoms with Crippen LogP contribution in [0.4, 0.5) is 0 Å². The molecule has 0 N–H and O–H groups in total. The lowest BCUT2D eigenvalue weighted by atomic mass is 9.96. The van der Waals surface area contributed by atoms with Crippen molar-refractivity contribution < 1.29 is 8.83 Å². The lowest BCUT2D eigenvalue weighted by Gasteiger charge is -2.12. The van der Waals surface area contributed by atoms with Gasteiger partial charge in [-0.15, -0.1) is 0 Å². The maximum absolute atomic E-state index is 6.94. The van der Waals surface area contributed by atoms with Crippen molar-refractivity contribution in [2.75, 3.05) is 0 Å². The van der Waals surface area contributed by atoms with Crippen LogP contribution in [0.15, 0.2) is 136 Å². The van der Waals surface area contributed by atoms with E-state index in [0.717, 1.165) is 99.0 Å². The predicted octanol–water partition coefficient (Wildman–Crippen LogP) is 11.3. The summed E-state index contributed by atoms with van der Waals surface area (Å²) in [5.41, 5.74) is 10.7. The van der Waals surface area contributed by atoms with Gasteiger partial charge in [0.2, 0.25) is 5.95 Å². The zero-order chi connectivity index (χ0) is 30.4. The molecule has 5 heteroatoms. The first kappa shape index (κ1) is 23.9. The summed E-state index contributed by atoms with van der Waals surface area (Å²) in [6.07, 6.45) is 0. The molecule has 216 valence electrons. The third-order valence-electron chi connectivity index (χ3n) is 10.1. The molecule has 0 fully saturated rings. The number of hydrogen-bond donors (Lipinski definition) is 0. The van der Waals surface area contributed by atoms with Gasteiger partial charge in [0.05, 0.1) is 27.6 Å². The summed E-state index contributed by atoms with van der Waals surface area (Å²) in [6, 6.07) is 44.4. The van der Waals surface area contributed by atoms with Crippen LogP contribution >= 0.6 is 0 Å². The minimum atomic E-state index is 0.625. The van der Waals surface area contributed by atoms with Crippen LogP contribution in [0.25, 0.3) is 116 Å². The Kier molecular flexibility index (Phi) is 4.17. The van der Waals surface area contributed by atoms with E-state index in [2.05, 4.69) is 114 Å². The molecule has 0 bridgehead atoms. The quantitative estimate of drug-likeness (QED) is 0.198. The Hall–Kier alpha value is -6.46. The van der Waals surface area contributed by atoms with E-state index >= 15 is 0 Å². The van der Waals surface area contributed by atoms with Gasteiger partial charge in [-0.2, -0.15) is 0 Å². The van der Waals surface area contributed by atoms with Gasteiger partial charge < -0.3 is 8.83 Å². The number of aromatic nitrogens is 3. The van der Waals surface area contributed by atoms with E-state index in [1.165, 1.54) is 10.8 Å². The highest BCUT2D eigenvalue weighted by molar-refractivity contribution is 6.39. The number of hydrogen-bond acceptors (Lipinski definition) is 4. The Bertz CT molecular complexity index is 3180. The van der Waals surface area contributed by atoms with Crippen LogP contribution < -0.4 is 0 Å². The monoisotopic (exact) mass is 599 g/mol. The third-order valence-corrected chi connectivity index (χ3v) is 10.1. The van der Waals surface area contributed by atoms with E-state index in [0.29, 0.717) is 5.95 Å². The van der Waals surface area contributed by atoms with Gasteiger partial charge >= 0.3 is 0 Å². The Morgan fingerprint density at radius 2 is 1.21 bits per heavy atom. The van der Waals surface area contributed by atoms with Crippen molar-refractivity contribution in [2.24, 2.45) is 0 Å². The normalized spacial score (nSPS) is 12.7. The Labute approximate surface area is 265 Å². The molecule has 1 aliphatic carbocycles. The Balaban J connectivity index is 1.32. The van der Waals surface area contributed by atoms with E-state index in [4.69, 9.17) is 18.8 Å². The van der Waals surface area contributed by atoms with Gasteiger partial charge in [0.25, 0.3) is 0 Å². The minimum absolute atomic E-state index is 0.625. The number of benzene rings is 7. The van der Waals surface area contributed by atoms with Gasteiger partial charge in [-0.3, -0.25) is 4.57 Å². The van der Waals surface area contributed by atoms with Crippen LogP contribution in [0.5, 0.6) is 0 Å². The van der Waals surface area contributed by atoms with Gasteiger partial charge in [-0.25, -0.2) is 9.97 Å². The van der Waals surface area contributed by atoms with Crippen LogP contribution in [0.1, 0.15) is 0 Å². The second kappa shape index (κ2) is 8.22. The standard InChI is InChI=1S/C42H21N3O2/c1-2-9-23(10-3-1)40-25-11-4-6-14-28(25)43-42(44-40)45-29-15-7-5-12-26(29)35-30(45)21-27-24-13-8-16-31-36(24)38-32(46-31)19-17-22-18-20-33-39(34(22)38)37(27)41(35)47-33/h1-21H. The van der Waals surface area contributed by atoms with E-state index in [1.807, 2.05) is 18.2 Å². The molecule has 0 aliphatic heterocycles. The molecule has 0 unspecified atom stereocenters. The van der Waals surface area contributed by atoms with Crippen LogP contribution in [-0.2, 0) is 0 Å². The lowest BCUT2D eigenvalue weighted by Crippen LogP contribution is -2.03. The zero-order valence-electron chi connectivity index (χ0n) is 24.8. The maximum Gasteiger partial charge on any atom is 0.235 e. The van der Waals surface area contributed by atoms with Crippen molar-refractivity contribution in [3.05, 3.63) is 127 Å². The van der Waals surface area contributed by atoms with Gasteiger partial charge in [0.15, 0.2) is 0 Å². The molecule has 0 amide bonds. The van der Waals surface area contributed by atoms with E-state index in [-0.39, 0.29) is 0 Å². The van der Waals surface area contributed by atoms with Gasteiger partial charge in [0.1, 0.15) is 22.3 Å². The Morgan fingerprint density at radius 1 is 0.468 bits per heavy atom. The largest absolute Gasteiger partial charge is 0.456 e. The average Bonchev–Trinajstić information content (AvgIpc) is 3.78. The molecule has 4 aromatic heterocycles. The summed E-state index contributed by atoms with van der Waals surface area (Å²) >= 11 is 0. The molecule has 47 heavy (non-hydrogen) atoms. The minimum Gasteiger partial charge on any atom is -0.456 e. The first-order chi connectivity index (χ1) is 23.3. The van der Waals surface area contributed by atoms with E-state index < -0.39 is 0 Å². The van der Waals surface area contributed by atoms with Crippen molar-refractivity contribution in [1.82, 2.24) is 14.5 Å². The molecular formula is C42H21N3O2. The molecule has 0 saturated carbocycles. The summed E-state index contributed by atoms with van der Waals surface area (Å²) in [5.74, 6) is 0.625. The van der Waals surface area contributed by atoms with Gasteiger partial charge in [-0.1, -0.05) is 91.0 Å². The smallest absolute Gasteiger partial charge is 0.235 e.